The van der Waals surface area contributed by atoms with E-state index >= 15 is 0 Å². The third kappa shape index (κ3) is 3.30. The van der Waals surface area contributed by atoms with Crippen LogP contribution in [-0.4, -0.2) is 25.7 Å². The van der Waals surface area contributed by atoms with Crippen LogP contribution in [0.3, 0.4) is 0 Å². The molecule has 0 rings (SSSR count). The lowest BCUT2D eigenvalue weighted by molar-refractivity contribution is -0.149. The minimum absolute atomic E-state index is 0.679. The van der Waals surface area contributed by atoms with Crippen LogP contribution < -0.4 is 0 Å². The first kappa shape index (κ1) is 12.8. The van der Waals surface area contributed by atoms with Crippen LogP contribution in [-0.2, 0) is 24.4 Å². The number of nitrogens with zero attached hydrogens (tertiary/aromatic N) is 1. The SMILES string of the molecule is CC(=O)C(=O)O[N-]S(=O)(=O)C(F)(F)F. The van der Waals surface area contributed by atoms with Crippen molar-refractivity contribution in [2.45, 2.75) is 12.4 Å². The summed E-state index contributed by atoms with van der Waals surface area (Å²) in [5.41, 5.74) is -5.66. The lowest BCUT2D eigenvalue weighted by Gasteiger charge is -2.20. The molecular weight excluding hydrogens is 231 g/mol. The van der Waals surface area contributed by atoms with Crippen LogP contribution in [0.1, 0.15) is 6.92 Å². The topological polar surface area (TPSA) is 91.6 Å². The first-order valence-electron chi connectivity index (χ1n) is 2.83. The maximum atomic E-state index is 11.5. The van der Waals surface area contributed by atoms with E-state index in [9.17, 15) is 31.2 Å². The third-order valence-corrected chi connectivity index (χ3v) is 1.65. The molecule has 0 aromatic heterocycles. The number of carbonyl (C=O) groups excluding carboxylic acids is 2. The molecule has 14 heavy (non-hydrogen) atoms. The van der Waals surface area contributed by atoms with Crippen molar-refractivity contribution in [3.05, 3.63) is 4.89 Å². The number of hydrogen-bond acceptors (Lipinski definition) is 5. The quantitative estimate of drug-likeness (QED) is 0.515. The highest BCUT2D eigenvalue weighted by molar-refractivity contribution is 7.94. The Morgan fingerprint density at radius 2 is 1.71 bits per heavy atom. The van der Waals surface area contributed by atoms with Gasteiger partial charge in [0.15, 0.2) is 10.0 Å². The molecule has 0 saturated carbocycles. The van der Waals surface area contributed by atoms with Gasteiger partial charge in [0.25, 0.3) is 0 Å². The first-order chi connectivity index (χ1) is 6.08. The molecule has 0 unspecified atom stereocenters. The van der Waals surface area contributed by atoms with E-state index in [0.29, 0.717) is 6.92 Å². The Bertz CT molecular complexity index is 344. The molecule has 0 amide bonds. The molecule has 0 aliphatic carbocycles. The van der Waals surface area contributed by atoms with Gasteiger partial charge in [-0.25, -0.2) is 13.2 Å². The minimum atomic E-state index is -5.90. The molecule has 82 valence electrons. The van der Waals surface area contributed by atoms with E-state index < -0.39 is 27.3 Å². The van der Waals surface area contributed by atoms with Gasteiger partial charge >= 0.3 is 11.5 Å². The second kappa shape index (κ2) is 3.92. The summed E-state index contributed by atoms with van der Waals surface area (Å²) in [6, 6.07) is 0. The maximum absolute atomic E-state index is 11.5. The van der Waals surface area contributed by atoms with Crippen molar-refractivity contribution in [1.29, 1.82) is 0 Å². The lowest BCUT2D eigenvalue weighted by Crippen LogP contribution is -2.24. The van der Waals surface area contributed by atoms with Gasteiger partial charge < -0.3 is 9.72 Å². The Balaban J connectivity index is 4.44. The highest BCUT2D eigenvalue weighted by Crippen LogP contribution is 2.27. The number of halogens is 3. The fourth-order valence-electron chi connectivity index (χ4n) is 0.189. The summed E-state index contributed by atoms with van der Waals surface area (Å²) in [6.07, 6.45) is 0. The number of carbonyl (C=O) groups is 2. The van der Waals surface area contributed by atoms with Gasteiger partial charge in [0.1, 0.15) is 0 Å². The molecule has 0 aliphatic rings. The van der Waals surface area contributed by atoms with Crippen molar-refractivity contribution in [2.24, 2.45) is 0 Å². The standard InChI is InChI=1S/C4H3F3NO5S/c1-2(9)3(10)13-8-14(11,12)4(5,6)7/h1H3/q-1. The van der Waals surface area contributed by atoms with E-state index in [2.05, 4.69) is 4.84 Å². The molecule has 0 radical (unpaired) electrons. The van der Waals surface area contributed by atoms with Crippen molar-refractivity contribution in [1.82, 2.24) is 0 Å². The molecule has 0 aromatic carbocycles. The van der Waals surface area contributed by atoms with Crippen LogP contribution >= 0.6 is 0 Å². The first-order valence-corrected chi connectivity index (χ1v) is 4.27. The summed E-state index contributed by atoms with van der Waals surface area (Å²) in [5.74, 6) is -3.07. The maximum Gasteiger partial charge on any atom is 0.482 e. The van der Waals surface area contributed by atoms with Gasteiger partial charge in [0.2, 0.25) is 5.78 Å². The Morgan fingerprint density at radius 3 is 2.00 bits per heavy atom. The van der Waals surface area contributed by atoms with Crippen molar-refractivity contribution >= 4 is 21.8 Å². The predicted octanol–water partition coefficient (Wildman–Crippen LogP) is 0.257. The average molecular weight is 234 g/mol. The van der Waals surface area contributed by atoms with Crippen LogP contribution in [0.2, 0.25) is 0 Å². The molecular formula is C4H3F3NO5S-. The molecule has 0 spiro atoms. The number of hydrogen-bond donors (Lipinski definition) is 0. The predicted molar refractivity (Wildman–Crippen MR) is 35.1 cm³/mol. The molecule has 0 aromatic rings. The van der Waals surface area contributed by atoms with Crippen molar-refractivity contribution in [2.75, 3.05) is 0 Å². The molecule has 0 fully saturated rings. The van der Waals surface area contributed by atoms with Crippen LogP contribution in [0.5, 0.6) is 0 Å². The Labute approximate surface area is 76.0 Å². The second-order valence-corrected chi connectivity index (χ2v) is 3.49. The Hall–Kier alpha value is -1.16. The summed E-state index contributed by atoms with van der Waals surface area (Å²) >= 11 is 0. The summed E-state index contributed by atoms with van der Waals surface area (Å²) < 4.78 is 54.8. The minimum Gasteiger partial charge on any atom is -0.543 e. The summed E-state index contributed by atoms with van der Waals surface area (Å²) in [5, 5.41) is 0. The van der Waals surface area contributed by atoms with Crippen molar-refractivity contribution < 1.29 is 36.0 Å². The highest BCUT2D eigenvalue weighted by Gasteiger charge is 2.39. The van der Waals surface area contributed by atoms with Crippen molar-refractivity contribution in [3.63, 3.8) is 0 Å². The van der Waals surface area contributed by atoms with Crippen LogP contribution in [0, 0.1) is 0 Å². The summed E-state index contributed by atoms with van der Waals surface area (Å²) in [4.78, 5) is 25.2. The third-order valence-electron chi connectivity index (χ3n) is 0.798. The molecule has 0 bridgehead atoms. The van der Waals surface area contributed by atoms with Crippen LogP contribution in [0.15, 0.2) is 0 Å². The van der Waals surface area contributed by atoms with Gasteiger partial charge in [-0.2, -0.15) is 13.2 Å². The highest BCUT2D eigenvalue weighted by atomic mass is 32.2. The fourth-order valence-corrected chi connectivity index (χ4v) is 0.440. The van der Waals surface area contributed by atoms with Gasteiger partial charge in [0, 0.05) is 6.92 Å². The number of ketones is 1. The normalized spacial score (nSPS) is 12.3. The summed E-state index contributed by atoms with van der Waals surface area (Å²) in [6.45, 7) is 0.679. The van der Waals surface area contributed by atoms with E-state index in [0.717, 1.165) is 0 Å². The van der Waals surface area contributed by atoms with E-state index in [4.69, 9.17) is 0 Å². The number of alkyl halides is 3. The average Bonchev–Trinajstić information content (AvgIpc) is 1.97. The number of rotatable bonds is 3. The van der Waals surface area contributed by atoms with Crippen LogP contribution in [0.4, 0.5) is 13.2 Å². The second-order valence-electron chi connectivity index (χ2n) is 1.93. The van der Waals surface area contributed by atoms with E-state index in [-0.39, 0.29) is 0 Å². The molecule has 6 nitrogen and oxygen atoms in total. The fraction of sp³-hybridized carbons (Fsp3) is 0.500. The molecule has 0 saturated heterocycles. The summed E-state index contributed by atoms with van der Waals surface area (Å²) in [7, 11) is -5.90. The van der Waals surface area contributed by atoms with Crippen molar-refractivity contribution in [3.8, 4) is 0 Å². The smallest absolute Gasteiger partial charge is 0.482 e. The monoisotopic (exact) mass is 234 g/mol. The zero-order valence-electron chi connectivity index (χ0n) is 6.53. The van der Waals surface area contributed by atoms with Gasteiger partial charge in [-0.05, 0) is 0 Å². The van der Waals surface area contributed by atoms with Gasteiger partial charge in [-0.1, -0.05) is 0 Å². The zero-order chi connectivity index (χ0) is 11.6. The number of Topliss-reactive ketones (excluding diaryl/α,β-unsaturated/α-hetero) is 1. The van der Waals surface area contributed by atoms with Crippen LogP contribution in [0.25, 0.3) is 4.89 Å². The molecule has 0 N–H and O–H groups in total. The van der Waals surface area contributed by atoms with E-state index in [1.807, 2.05) is 0 Å². The molecule has 10 heteroatoms. The molecule has 0 heterocycles. The van der Waals surface area contributed by atoms with E-state index in [1.54, 1.807) is 4.89 Å². The molecule has 0 aliphatic heterocycles. The zero-order valence-corrected chi connectivity index (χ0v) is 7.35. The Kier molecular flexibility index (Phi) is 3.59. The molecule has 0 atom stereocenters. The van der Waals surface area contributed by atoms with Gasteiger partial charge in [-0.3, -0.25) is 4.79 Å². The number of sulfonamides is 1. The van der Waals surface area contributed by atoms with Gasteiger partial charge in [-0.15, -0.1) is 0 Å². The van der Waals surface area contributed by atoms with Gasteiger partial charge in [0.05, 0.1) is 0 Å². The Morgan fingerprint density at radius 1 is 1.29 bits per heavy atom. The largest absolute Gasteiger partial charge is 0.543 e. The van der Waals surface area contributed by atoms with E-state index in [1.165, 1.54) is 0 Å². The lowest BCUT2D eigenvalue weighted by atomic mass is 10.5.